The summed E-state index contributed by atoms with van der Waals surface area (Å²) in [6, 6.07) is -0.296. The zero-order chi connectivity index (χ0) is 12.9. The Morgan fingerprint density at radius 1 is 1.59 bits per heavy atom. The first-order valence-corrected chi connectivity index (χ1v) is 6.91. The number of carbonyl (C=O) groups excluding carboxylic acids is 2. The Hall–Kier alpha value is -1.15. The summed E-state index contributed by atoms with van der Waals surface area (Å²) in [6.45, 7) is 0.288. The van der Waals surface area contributed by atoms with E-state index in [1.807, 2.05) is 0 Å². The number of methoxy groups -OCH3 is 1. The zero-order valence-electron chi connectivity index (χ0n) is 9.56. The van der Waals surface area contributed by atoms with Gasteiger partial charge in [-0.1, -0.05) is 0 Å². The van der Waals surface area contributed by atoms with Crippen molar-refractivity contribution in [2.45, 2.75) is 25.3 Å². The van der Waals surface area contributed by atoms with E-state index in [0.29, 0.717) is 12.8 Å². The molecule has 8 heteroatoms. The molecule has 1 saturated heterocycles. The number of nitrogens with one attached hydrogen (secondary N) is 2. The number of carbonyl (C=O) groups is 2. The number of hydrogen-bond acceptors (Lipinski definition) is 5. The van der Waals surface area contributed by atoms with Gasteiger partial charge in [-0.05, 0) is 6.42 Å². The Labute approximate surface area is 100.0 Å². The van der Waals surface area contributed by atoms with Crippen LogP contribution >= 0.6 is 0 Å². The maximum absolute atomic E-state index is 11.6. The first-order valence-electron chi connectivity index (χ1n) is 5.26. The van der Waals surface area contributed by atoms with Crippen molar-refractivity contribution < 1.29 is 22.7 Å². The summed E-state index contributed by atoms with van der Waals surface area (Å²) in [6.07, 6.45) is 0.610. The molecule has 1 rings (SSSR count). The van der Waals surface area contributed by atoms with Gasteiger partial charge in [-0.2, -0.15) is 0 Å². The molecule has 0 aromatic rings. The molecular formula is C9H16N2O5S. The molecule has 0 saturated carbocycles. The quantitative estimate of drug-likeness (QED) is 0.604. The lowest BCUT2D eigenvalue weighted by Crippen LogP contribution is -2.48. The molecule has 2 N–H and O–H groups in total. The van der Waals surface area contributed by atoms with Gasteiger partial charge in [-0.15, -0.1) is 0 Å². The molecule has 0 spiro atoms. The highest BCUT2D eigenvalue weighted by Crippen LogP contribution is 2.05. The average molecular weight is 264 g/mol. The van der Waals surface area contributed by atoms with E-state index in [4.69, 9.17) is 0 Å². The molecule has 0 aromatic heterocycles. The van der Waals surface area contributed by atoms with Crippen molar-refractivity contribution in [3.05, 3.63) is 0 Å². The van der Waals surface area contributed by atoms with Gasteiger partial charge < -0.3 is 10.1 Å². The van der Waals surface area contributed by atoms with Crippen molar-refractivity contribution in [1.82, 2.24) is 10.0 Å². The number of sulfonamides is 1. The molecular weight excluding hydrogens is 248 g/mol. The number of ether oxygens (including phenoxy) is 1. The maximum atomic E-state index is 11.6. The summed E-state index contributed by atoms with van der Waals surface area (Å²) in [4.78, 5) is 21.7. The van der Waals surface area contributed by atoms with Gasteiger partial charge >= 0.3 is 5.97 Å². The summed E-state index contributed by atoms with van der Waals surface area (Å²) in [7, 11) is -2.30. The molecule has 1 aliphatic rings. The molecule has 98 valence electrons. The largest absolute Gasteiger partial charge is 0.469 e. The van der Waals surface area contributed by atoms with Gasteiger partial charge in [0.2, 0.25) is 15.9 Å². The Morgan fingerprint density at radius 3 is 2.82 bits per heavy atom. The van der Waals surface area contributed by atoms with Crippen molar-refractivity contribution in [3.8, 4) is 0 Å². The fourth-order valence-corrected chi connectivity index (χ4v) is 2.73. The molecule has 1 amide bonds. The first-order chi connectivity index (χ1) is 7.93. The maximum Gasteiger partial charge on any atom is 0.306 e. The first kappa shape index (κ1) is 13.9. The van der Waals surface area contributed by atoms with Gasteiger partial charge in [0, 0.05) is 19.0 Å². The van der Waals surface area contributed by atoms with Crippen LogP contribution in [0, 0.1) is 0 Å². The van der Waals surface area contributed by atoms with E-state index in [-0.39, 0.29) is 30.7 Å². The molecule has 0 bridgehead atoms. The van der Waals surface area contributed by atoms with Crippen LogP contribution in [-0.2, 0) is 24.3 Å². The van der Waals surface area contributed by atoms with Crippen LogP contribution in [0.5, 0.6) is 0 Å². The molecule has 1 heterocycles. The second-order valence-corrected chi connectivity index (χ2v) is 5.68. The van der Waals surface area contributed by atoms with Crippen LogP contribution in [0.15, 0.2) is 0 Å². The van der Waals surface area contributed by atoms with Crippen LogP contribution in [0.2, 0.25) is 0 Å². The molecule has 1 fully saturated rings. The minimum Gasteiger partial charge on any atom is -0.469 e. The summed E-state index contributed by atoms with van der Waals surface area (Å²) in [5.74, 6) is -0.938. The SMILES string of the molecule is COC(=O)CCS(=O)(=O)NC1CCC(=O)NC1. The van der Waals surface area contributed by atoms with E-state index in [1.165, 1.54) is 7.11 Å². The average Bonchev–Trinajstić information content (AvgIpc) is 2.29. The highest BCUT2D eigenvalue weighted by atomic mass is 32.2. The third-order valence-corrected chi connectivity index (χ3v) is 3.85. The van der Waals surface area contributed by atoms with Crippen LogP contribution < -0.4 is 10.0 Å². The number of hydrogen-bond donors (Lipinski definition) is 2. The normalized spacial score (nSPS) is 20.8. The molecule has 1 unspecified atom stereocenters. The predicted octanol–water partition coefficient (Wildman–Crippen LogP) is -1.25. The second-order valence-electron chi connectivity index (χ2n) is 3.80. The van der Waals surface area contributed by atoms with Crippen LogP contribution in [0.1, 0.15) is 19.3 Å². The van der Waals surface area contributed by atoms with Gasteiger partial charge in [0.15, 0.2) is 0 Å². The third kappa shape index (κ3) is 5.14. The Morgan fingerprint density at radius 2 is 2.29 bits per heavy atom. The lowest BCUT2D eigenvalue weighted by Gasteiger charge is -2.23. The van der Waals surface area contributed by atoms with Crippen molar-refractivity contribution in [1.29, 1.82) is 0 Å². The molecule has 1 atom stereocenters. The molecule has 0 aliphatic carbocycles. The Bertz CT molecular complexity index is 382. The molecule has 0 aromatic carbocycles. The standard InChI is InChI=1S/C9H16N2O5S/c1-16-9(13)4-5-17(14,15)11-7-2-3-8(12)10-6-7/h7,11H,2-6H2,1H3,(H,10,12). The van der Waals surface area contributed by atoms with E-state index in [2.05, 4.69) is 14.8 Å². The summed E-state index contributed by atoms with van der Waals surface area (Å²) < 4.78 is 29.9. The highest BCUT2D eigenvalue weighted by molar-refractivity contribution is 7.89. The number of piperidine rings is 1. The molecule has 7 nitrogen and oxygen atoms in total. The smallest absolute Gasteiger partial charge is 0.306 e. The minimum absolute atomic E-state index is 0.0741. The fraction of sp³-hybridized carbons (Fsp3) is 0.778. The fourth-order valence-electron chi connectivity index (χ4n) is 1.47. The van der Waals surface area contributed by atoms with Crippen molar-refractivity contribution >= 4 is 21.9 Å². The second kappa shape index (κ2) is 5.97. The summed E-state index contributed by atoms with van der Waals surface area (Å²) >= 11 is 0. The Balaban J connectivity index is 2.38. The third-order valence-electron chi connectivity index (χ3n) is 2.41. The van der Waals surface area contributed by atoms with Gasteiger partial charge in [0.05, 0.1) is 19.3 Å². The van der Waals surface area contributed by atoms with Crippen LogP contribution in [0.3, 0.4) is 0 Å². The van der Waals surface area contributed by atoms with E-state index in [9.17, 15) is 18.0 Å². The van der Waals surface area contributed by atoms with Crippen molar-refractivity contribution in [2.75, 3.05) is 19.4 Å². The van der Waals surface area contributed by atoms with E-state index >= 15 is 0 Å². The summed E-state index contributed by atoms with van der Waals surface area (Å²) in [5, 5.41) is 2.57. The lowest BCUT2D eigenvalue weighted by atomic mass is 10.1. The number of esters is 1. The number of amides is 1. The van der Waals surface area contributed by atoms with Crippen molar-refractivity contribution in [3.63, 3.8) is 0 Å². The van der Waals surface area contributed by atoms with Gasteiger partial charge in [0.25, 0.3) is 0 Å². The monoisotopic (exact) mass is 264 g/mol. The van der Waals surface area contributed by atoms with Crippen molar-refractivity contribution in [2.24, 2.45) is 0 Å². The summed E-state index contributed by atoms with van der Waals surface area (Å²) in [5.41, 5.74) is 0. The van der Waals surface area contributed by atoms with E-state index in [0.717, 1.165) is 0 Å². The van der Waals surface area contributed by atoms with Crippen LogP contribution in [0.25, 0.3) is 0 Å². The van der Waals surface area contributed by atoms with Gasteiger partial charge in [0.1, 0.15) is 0 Å². The Kier molecular flexibility index (Phi) is 4.88. The number of rotatable bonds is 5. The lowest BCUT2D eigenvalue weighted by molar-refractivity contribution is -0.140. The van der Waals surface area contributed by atoms with E-state index in [1.54, 1.807) is 0 Å². The van der Waals surface area contributed by atoms with E-state index < -0.39 is 16.0 Å². The zero-order valence-corrected chi connectivity index (χ0v) is 10.4. The van der Waals surface area contributed by atoms with Gasteiger partial charge in [-0.3, -0.25) is 9.59 Å². The predicted molar refractivity (Wildman–Crippen MR) is 59.6 cm³/mol. The molecule has 1 aliphatic heterocycles. The topological polar surface area (TPSA) is 102 Å². The van der Waals surface area contributed by atoms with Crippen LogP contribution in [-0.4, -0.2) is 45.7 Å². The highest BCUT2D eigenvalue weighted by Gasteiger charge is 2.23. The van der Waals surface area contributed by atoms with Crippen LogP contribution in [0.4, 0.5) is 0 Å². The minimum atomic E-state index is -3.51. The molecule has 0 radical (unpaired) electrons. The molecule has 17 heavy (non-hydrogen) atoms. The van der Waals surface area contributed by atoms with Gasteiger partial charge in [-0.25, -0.2) is 13.1 Å².